The smallest absolute Gasteiger partial charge is 0.236 e. The predicted molar refractivity (Wildman–Crippen MR) is 73.9 cm³/mol. The van der Waals surface area contributed by atoms with Gasteiger partial charge in [0.25, 0.3) is 0 Å². The van der Waals surface area contributed by atoms with Gasteiger partial charge in [-0.05, 0) is 43.9 Å². The molecule has 2 fully saturated rings. The number of amides is 2. The number of imide groups is 1. The van der Waals surface area contributed by atoms with Crippen molar-refractivity contribution in [2.45, 2.75) is 26.2 Å². The quantitative estimate of drug-likeness (QED) is 0.634. The second-order valence-electron chi connectivity index (χ2n) is 5.38. The monoisotopic (exact) mass is 278 g/mol. The highest BCUT2D eigenvalue weighted by Gasteiger charge is 2.46. The number of halogens is 1. The molecule has 2 N–H and O–H groups in total. The van der Waals surface area contributed by atoms with Gasteiger partial charge in [0.2, 0.25) is 11.8 Å². The molecular formula is C14H15ClN2O2. The molecule has 5 heteroatoms. The van der Waals surface area contributed by atoms with E-state index in [0.717, 1.165) is 18.4 Å². The Kier molecular flexibility index (Phi) is 2.78. The average Bonchev–Trinajstić information content (AvgIpc) is 2.80. The third kappa shape index (κ3) is 1.82. The van der Waals surface area contributed by atoms with Gasteiger partial charge in [-0.1, -0.05) is 11.6 Å². The zero-order chi connectivity index (χ0) is 13.7. The number of nitrogens with zero attached hydrogens (tertiary/aromatic N) is 1. The summed E-state index contributed by atoms with van der Waals surface area (Å²) in [6, 6.07) is 3.32. The van der Waals surface area contributed by atoms with Crippen LogP contribution in [-0.2, 0) is 9.59 Å². The Hall–Kier alpha value is -1.55. The molecule has 19 heavy (non-hydrogen) atoms. The van der Waals surface area contributed by atoms with E-state index in [1.165, 1.54) is 4.90 Å². The number of hydrogen-bond donors (Lipinski definition) is 1. The molecule has 1 saturated carbocycles. The molecule has 2 aliphatic rings. The predicted octanol–water partition coefficient (Wildman–Crippen LogP) is 2.52. The molecule has 1 heterocycles. The fourth-order valence-corrected chi connectivity index (χ4v) is 3.23. The number of hydrogen-bond acceptors (Lipinski definition) is 3. The van der Waals surface area contributed by atoms with Crippen molar-refractivity contribution in [2.75, 3.05) is 10.6 Å². The van der Waals surface area contributed by atoms with E-state index in [9.17, 15) is 9.59 Å². The summed E-state index contributed by atoms with van der Waals surface area (Å²) in [5.41, 5.74) is 7.57. The Bertz CT molecular complexity index is 563. The molecule has 2 unspecified atom stereocenters. The van der Waals surface area contributed by atoms with Crippen LogP contribution in [0.2, 0.25) is 5.02 Å². The lowest BCUT2D eigenvalue weighted by Crippen LogP contribution is -2.46. The normalized spacial score (nSPS) is 26.1. The van der Waals surface area contributed by atoms with Crippen LogP contribution in [0.15, 0.2) is 12.1 Å². The summed E-state index contributed by atoms with van der Waals surface area (Å²) >= 11 is 6.01. The first kappa shape index (κ1) is 12.5. The van der Waals surface area contributed by atoms with Gasteiger partial charge in [-0.25, -0.2) is 4.90 Å². The third-order valence-corrected chi connectivity index (χ3v) is 4.46. The first-order valence-corrected chi connectivity index (χ1v) is 6.80. The highest BCUT2D eigenvalue weighted by molar-refractivity contribution is 6.33. The van der Waals surface area contributed by atoms with Crippen LogP contribution in [0, 0.1) is 18.8 Å². The van der Waals surface area contributed by atoms with Crippen LogP contribution in [0.25, 0.3) is 0 Å². The Morgan fingerprint density at radius 3 is 2.37 bits per heavy atom. The average molecular weight is 279 g/mol. The zero-order valence-corrected chi connectivity index (χ0v) is 11.4. The molecule has 1 aromatic rings. The van der Waals surface area contributed by atoms with E-state index in [2.05, 4.69) is 0 Å². The highest BCUT2D eigenvalue weighted by atomic mass is 35.5. The number of aryl methyl sites for hydroxylation is 1. The number of rotatable bonds is 1. The highest BCUT2D eigenvalue weighted by Crippen LogP contribution is 2.41. The van der Waals surface area contributed by atoms with E-state index in [-0.39, 0.29) is 23.7 Å². The molecule has 2 atom stereocenters. The van der Waals surface area contributed by atoms with Crippen LogP contribution in [0.3, 0.4) is 0 Å². The zero-order valence-electron chi connectivity index (χ0n) is 10.6. The van der Waals surface area contributed by atoms with E-state index in [4.69, 9.17) is 17.3 Å². The van der Waals surface area contributed by atoms with Crippen molar-refractivity contribution in [3.63, 3.8) is 0 Å². The van der Waals surface area contributed by atoms with E-state index in [0.29, 0.717) is 22.8 Å². The van der Waals surface area contributed by atoms with Crippen molar-refractivity contribution in [1.29, 1.82) is 0 Å². The molecular weight excluding hydrogens is 264 g/mol. The van der Waals surface area contributed by atoms with E-state index >= 15 is 0 Å². The molecule has 4 nitrogen and oxygen atoms in total. The maximum Gasteiger partial charge on any atom is 0.236 e. The second kappa shape index (κ2) is 4.23. The Morgan fingerprint density at radius 2 is 1.79 bits per heavy atom. The summed E-state index contributed by atoms with van der Waals surface area (Å²) in [5.74, 6) is -0.220. The largest absolute Gasteiger partial charge is 0.398 e. The van der Waals surface area contributed by atoms with Crippen LogP contribution in [0.5, 0.6) is 0 Å². The Labute approximate surface area is 116 Å². The van der Waals surface area contributed by atoms with Gasteiger partial charge in [0, 0.05) is 11.8 Å². The van der Waals surface area contributed by atoms with Gasteiger partial charge in [-0.15, -0.1) is 0 Å². The molecule has 1 aliphatic carbocycles. The number of carbonyl (C=O) groups excluding carboxylic acids is 2. The molecule has 100 valence electrons. The lowest BCUT2D eigenvalue weighted by atomic mass is 9.96. The molecule has 1 saturated heterocycles. The fourth-order valence-electron chi connectivity index (χ4n) is 3.08. The Balaban J connectivity index is 2.08. The second-order valence-corrected chi connectivity index (χ2v) is 5.79. The molecule has 1 aromatic carbocycles. The maximum atomic E-state index is 12.4. The molecule has 0 radical (unpaired) electrons. The lowest BCUT2D eigenvalue weighted by molar-refractivity contribution is -0.133. The van der Waals surface area contributed by atoms with Crippen molar-refractivity contribution in [2.24, 2.45) is 11.8 Å². The molecule has 0 aromatic heterocycles. The van der Waals surface area contributed by atoms with Gasteiger partial charge in [0.1, 0.15) is 0 Å². The fraction of sp³-hybridized carbons (Fsp3) is 0.429. The third-order valence-electron chi connectivity index (χ3n) is 4.13. The molecule has 3 rings (SSSR count). The number of benzene rings is 1. The standard InChI is InChI=1S/C14H15ClN2O2/c1-7-4-11(16)10(15)6-12(7)17-13(18)8-2-3-9(5-8)14(17)19/h4,6,8-9H,2-3,5,16H2,1H3. The van der Waals surface area contributed by atoms with Gasteiger partial charge in [0.15, 0.2) is 0 Å². The lowest BCUT2D eigenvalue weighted by Gasteiger charge is -2.31. The van der Waals surface area contributed by atoms with Gasteiger partial charge in [-0.3, -0.25) is 9.59 Å². The van der Waals surface area contributed by atoms with Crippen LogP contribution in [0.4, 0.5) is 11.4 Å². The topological polar surface area (TPSA) is 63.4 Å². The van der Waals surface area contributed by atoms with Gasteiger partial charge in [-0.2, -0.15) is 0 Å². The summed E-state index contributed by atoms with van der Waals surface area (Å²) in [7, 11) is 0. The summed E-state index contributed by atoms with van der Waals surface area (Å²) in [4.78, 5) is 26.1. The number of nitrogens with two attached hydrogens (primary N) is 1. The van der Waals surface area contributed by atoms with Crippen molar-refractivity contribution in [3.8, 4) is 0 Å². The van der Waals surface area contributed by atoms with E-state index < -0.39 is 0 Å². The van der Waals surface area contributed by atoms with Gasteiger partial charge in [0.05, 0.1) is 16.4 Å². The number of piperidine rings is 1. The minimum Gasteiger partial charge on any atom is -0.398 e. The van der Waals surface area contributed by atoms with Crippen LogP contribution < -0.4 is 10.6 Å². The first-order chi connectivity index (χ1) is 8.99. The van der Waals surface area contributed by atoms with Gasteiger partial charge < -0.3 is 5.73 Å². The summed E-state index contributed by atoms with van der Waals surface area (Å²) in [6.45, 7) is 1.83. The summed E-state index contributed by atoms with van der Waals surface area (Å²) < 4.78 is 0. The number of nitrogen functional groups attached to an aromatic ring is 1. The SMILES string of the molecule is Cc1cc(N)c(Cl)cc1N1C(=O)C2CCC(C2)C1=O. The summed E-state index contributed by atoms with van der Waals surface area (Å²) in [6.07, 6.45) is 2.33. The molecule has 1 aliphatic heterocycles. The van der Waals surface area contributed by atoms with Crippen LogP contribution >= 0.6 is 11.6 Å². The minimum atomic E-state index is -0.0947. The van der Waals surface area contributed by atoms with Crippen molar-refractivity contribution in [3.05, 3.63) is 22.7 Å². The van der Waals surface area contributed by atoms with E-state index in [1.807, 2.05) is 6.92 Å². The molecule has 0 spiro atoms. The van der Waals surface area contributed by atoms with Gasteiger partial charge >= 0.3 is 0 Å². The van der Waals surface area contributed by atoms with Crippen LogP contribution in [-0.4, -0.2) is 11.8 Å². The molecule has 2 amide bonds. The van der Waals surface area contributed by atoms with Crippen molar-refractivity contribution >= 4 is 34.8 Å². The van der Waals surface area contributed by atoms with Crippen molar-refractivity contribution < 1.29 is 9.59 Å². The number of fused-ring (bicyclic) bond motifs is 2. The number of anilines is 2. The first-order valence-electron chi connectivity index (χ1n) is 6.42. The summed E-state index contributed by atoms with van der Waals surface area (Å²) in [5, 5.41) is 0.374. The van der Waals surface area contributed by atoms with Crippen LogP contribution in [0.1, 0.15) is 24.8 Å². The Morgan fingerprint density at radius 1 is 1.21 bits per heavy atom. The van der Waals surface area contributed by atoms with E-state index in [1.54, 1.807) is 12.1 Å². The van der Waals surface area contributed by atoms with Crippen molar-refractivity contribution in [1.82, 2.24) is 0 Å². The number of carbonyl (C=O) groups is 2. The minimum absolute atomic E-state index is 0.0153. The maximum absolute atomic E-state index is 12.4. The molecule has 2 bridgehead atoms.